The van der Waals surface area contributed by atoms with Gasteiger partial charge < -0.3 is 10.1 Å². The number of hydrogen-bond donors (Lipinski definition) is 2. The molecule has 31 heavy (non-hydrogen) atoms. The number of benzene rings is 2. The van der Waals surface area contributed by atoms with Crippen molar-refractivity contribution in [2.45, 2.75) is 32.6 Å². The van der Waals surface area contributed by atoms with Crippen LogP contribution in [0, 0.1) is 5.41 Å². The first-order valence-corrected chi connectivity index (χ1v) is 10.5. The van der Waals surface area contributed by atoms with Gasteiger partial charge in [-0.25, -0.2) is 4.68 Å². The van der Waals surface area contributed by atoms with Gasteiger partial charge in [-0.05, 0) is 30.0 Å². The number of methoxy groups -OCH3 is 1. The van der Waals surface area contributed by atoms with Crippen LogP contribution < -0.4 is 15.6 Å². The maximum absolute atomic E-state index is 13.6. The van der Waals surface area contributed by atoms with E-state index in [0.29, 0.717) is 29.1 Å². The number of carbonyl (C=O) groups is 1. The number of Topliss-reactive ketones (excluding diaryl/α,β-unsaturated/α-hetero) is 1. The molecule has 3 aromatic rings. The lowest BCUT2D eigenvalue weighted by Gasteiger charge is -2.38. The Kier molecular flexibility index (Phi) is 4.39. The average molecular weight is 415 g/mol. The molecule has 0 saturated heterocycles. The number of anilines is 1. The number of aromatic amines is 1. The van der Waals surface area contributed by atoms with E-state index in [0.717, 1.165) is 23.4 Å². The molecule has 0 unspecified atom stereocenters. The van der Waals surface area contributed by atoms with E-state index in [2.05, 4.69) is 24.3 Å². The number of H-pyrrole nitrogens is 1. The molecule has 2 aromatic carbocycles. The van der Waals surface area contributed by atoms with Crippen LogP contribution in [0.25, 0.3) is 5.69 Å². The highest BCUT2D eigenvalue weighted by atomic mass is 16.5. The number of fused-ring (bicyclic) bond motifs is 1. The molecule has 2 N–H and O–H groups in total. The number of ether oxygens (including phenoxy) is 1. The molecule has 6 heteroatoms. The summed E-state index contributed by atoms with van der Waals surface area (Å²) < 4.78 is 7.16. The van der Waals surface area contributed by atoms with Gasteiger partial charge in [0, 0.05) is 23.3 Å². The molecule has 5 rings (SSSR count). The summed E-state index contributed by atoms with van der Waals surface area (Å²) in [4.78, 5) is 27.0. The molecule has 0 fully saturated rings. The van der Waals surface area contributed by atoms with Crippen molar-refractivity contribution in [1.82, 2.24) is 9.78 Å². The Bertz CT molecular complexity index is 1260. The molecule has 0 amide bonds. The Morgan fingerprint density at radius 1 is 1.00 bits per heavy atom. The summed E-state index contributed by atoms with van der Waals surface area (Å²) >= 11 is 0. The third kappa shape index (κ3) is 3.10. The molecule has 6 nitrogen and oxygen atoms in total. The number of aromatic nitrogens is 2. The van der Waals surface area contributed by atoms with Crippen LogP contribution in [0.15, 0.2) is 70.7 Å². The van der Waals surface area contributed by atoms with Crippen LogP contribution >= 0.6 is 0 Å². The van der Waals surface area contributed by atoms with E-state index >= 15 is 0 Å². The Morgan fingerprint density at radius 2 is 1.71 bits per heavy atom. The van der Waals surface area contributed by atoms with Crippen molar-refractivity contribution in [3.8, 4) is 11.4 Å². The monoisotopic (exact) mass is 415 g/mol. The maximum atomic E-state index is 13.6. The molecular weight excluding hydrogens is 390 g/mol. The number of rotatable bonds is 3. The van der Waals surface area contributed by atoms with Gasteiger partial charge in [-0.1, -0.05) is 50.2 Å². The van der Waals surface area contributed by atoms with Crippen molar-refractivity contribution < 1.29 is 9.53 Å². The van der Waals surface area contributed by atoms with Crippen molar-refractivity contribution in [1.29, 1.82) is 0 Å². The molecule has 0 spiro atoms. The van der Waals surface area contributed by atoms with Gasteiger partial charge in [0.05, 0.1) is 24.3 Å². The summed E-state index contributed by atoms with van der Waals surface area (Å²) in [5, 5.41) is 6.63. The van der Waals surface area contributed by atoms with Gasteiger partial charge in [0.15, 0.2) is 5.78 Å². The molecule has 2 aliphatic rings. The van der Waals surface area contributed by atoms with Crippen LogP contribution in [0.4, 0.5) is 5.82 Å². The first-order chi connectivity index (χ1) is 14.9. The van der Waals surface area contributed by atoms with Gasteiger partial charge in [0.1, 0.15) is 11.6 Å². The Morgan fingerprint density at radius 3 is 2.45 bits per heavy atom. The lowest BCUT2D eigenvalue weighted by molar-refractivity contribution is -0.118. The Balaban J connectivity index is 1.78. The third-order valence-corrected chi connectivity index (χ3v) is 6.16. The molecule has 0 radical (unpaired) electrons. The zero-order valence-electron chi connectivity index (χ0n) is 17.9. The quantitative estimate of drug-likeness (QED) is 0.666. The van der Waals surface area contributed by atoms with Crippen LogP contribution in [0.3, 0.4) is 0 Å². The van der Waals surface area contributed by atoms with Crippen LogP contribution in [-0.4, -0.2) is 22.7 Å². The van der Waals surface area contributed by atoms with Gasteiger partial charge in [0.2, 0.25) is 0 Å². The molecule has 1 atom stereocenters. The molecule has 1 aliphatic carbocycles. The second kappa shape index (κ2) is 7.01. The third-order valence-electron chi connectivity index (χ3n) is 6.16. The standard InChI is InChI=1S/C25H25N3O3/c1-25(2)13-17-21(18(29)14-25)20(16-11-7-8-12-19(16)31-3)22-23(26-17)27-28(24(22)30)15-9-5-4-6-10-15/h4-12,20,26-27H,13-14H2,1-3H3/t20-/m0/s1. The summed E-state index contributed by atoms with van der Waals surface area (Å²) in [6, 6.07) is 17.1. The van der Waals surface area contributed by atoms with E-state index in [9.17, 15) is 9.59 Å². The van der Waals surface area contributed by atoms with Crippen LogP contribution in [0.5, 0.6) is 5.75 Å². The molecule has 158 valence electrons. The highest BCUT2D eigenvalue weighted by Crippen LogP contribution is 2.49. The minimum Gasteiger partial charge on any atom is -0.496 e. The van der Waals surface area contributed by atoms with Gasteiger partial charge in [0.25, 0.3) is 5.56 Å². The molecule has 1 aromatic heterocycles. The lowest BCUT2D eigenvalue weighted by Crippen LogP contribution is -2.35. The number of nitrogens with zero attached hydrogens (tertiary/aromatic N) is 1. The normalized spacial score (nSPS) is 19.5. The van der Waals surface area contributed by atoms with Gasteiger partial charge in [-0.3, -0.25) is 14.7 Å². The van der Waals surface area contributed by atoms with Crippen molar-refractivity contribution in [2.24, 2.45) is 5.41 Å². The number of hydrogen-bond acceptors (Lipinski definition) is 4. The van der Waals surface area contributed by atoms with Crippen LogP contribution in [0.2, 0.25) is 0 Å². The van der Waals surface area contributed by atoms with Crippen molar-refractivity contribution >= 4 is 11.6 Å². The van der Waals surface area contributed by atoms with E-state index in [-0.39, 0.29) is 16.8 Å². The van der Waals surface area contributed by atoms with E-state index in [1.54, 1.807) is 7.11 Å². The molecule has 0 saturated carbocycles. The van der Waals surface area contributed by atoms with E-state index in [4.69, 9.17) is 4.74 Å². The maximum Gasteiger partial charge on any atom is 0.277 e. The Labute approximate surface area is 180 Å². The average Bonchev–Trinajstić information content (AvgIpc) is 3.08. The van der Waals surface area contributed by atoms with Crippen LogP contribution in [-0.2, 0) is 4.79 Å². The highest BCUT2D eigenvalue weighted by Gasteiger charge is 2.43. The number of para-hydroxylation sites is 2. The Hall–Kier alpha value is -3.54. The molecule has 0 bridgehead atoms. The second-order valence-corrected chi connectivity index (χ2v) is 9.01. The second-order valence-electron chi connectivity index (χ2n) is 9.01. The number of nitrogens with one attached hydrogen (secondary N) is 2. The lowest BCUT2D eigenvalue weighted by atomic mass is 9.69. The number of allylic oxidation sites excluding steroid dienone is 2. The minimum atomic E-state index is -0.486. The smallest absolute Gasteiger partial charge is 0.277 e. The fraction of sp³-hybridized carbons (Fsp3) is 0.280. The highest BCUT2D eigenvalue weighted by molar-refractivity contribution is 6.01. The van der Waals surface area contributed by atoms with Crippen molar-refractivity contribution in [3.63, 3.8) is 0 Å². The summed E-state index contributed by atoms with van der Waals surface area (Å²) in [6.45, 7) is 4.20. The van der Waals surface area contributed by atoms with E-state index in [1.165, 1.54) is 4.68 Å². The summed E-state index contributed by atoms with van der Waals surface area (Å²) in [5.74, 6) is 0.887. The molecular formula is C25H25N3O3. The van der Waals surface area contributed by atoms with Gasteiger partial charge in [-0.2, -0.15) is 0 Å². The van der Waals surface area contributed by atoms with Crippen molar-refractivity contribution in [3.05, 3.63) is 87.3 Å². The molecule has 1 aliphatic heterocycles. The van der Waals surface area contributed by atoms with Crippen molar-refractivity contribution in [2.75, 3.05) is 12.4 Å². The minimum absolute atomic E-state index is 0.0761. The summed E-state index contributed by atoms with van der Waals surface area (Å²) in [7, 11) is 1.61. The van der Waals surface area contributed by atoms with Gasteiger partial charge in [-0.15, -0.1) is 0 Å². The van der Waals surface area contributed by atoms with E-state index in [1.807, 2.05) is 54.6 Å². The number of ketones is 1. The zero-order valence-corrected chi connectivity index (χ0v) is 17.9. The topological polar surface area (TPSA) is 76.1 Å². The summed E-state index contributed by atoms with van der Waals surface area (Å²) in [6.07, 6.45) is 1.18. The van der Waals surface area contributed by atoms with Gasteiger partial charge >= 0.3 is 0 Å². The first-order valence-electron chi connectivity index (χ1n) is 10.5. The molecule has 2 heterocycles. The number of carbonyl (C=O) groups excluding carboxylic acids is 1. The predicted molar refractivity (Wildman–Crippen MR) is 120 cm³/mol. The predicted octanol–water partition coefficient (Wildman–Crippen LogP) is 4.37. The fourth-order valence-corrected chi connectivity index (χ4v) is 4.86. The van der Waals surface area contributed by atoms with E-state index < -0.39 is 5.92 Å². The fourth-order valence-electron chi connectivity index (χ4n) is 4.86. The van der Waals surface area contributed by atoms with Crippen LogP contribution in [0.1, 0.15) is 43.7 Å². The zero-order chi connectivity index (χ0) is 21.8. The largest absolute Gasteiger partial charge is 0.496 e. The SMILES string of the molecule is COc1ccccc1[C@H]1C2=C(CC(C)(C)CC2=O)Nc2[nH]n(-c3ccccc3)c(=O)c21. The summed E-state index contributed by atoms with van der Waals surface area (Å²) in [5.41, 5.74) is 3.35. The first kappa shape index (κ1) is 19.4.